The van der Waals surface area contributed by atoms with Gasteiger partial charge in [-0.25, -0.2) is 9.97 Å². The molecule has 3 nitrogen and oxygen atoms in total. The smallest absolute Gasteiger partial charge is 0.235 e. The van der Waals surface area contributed by atoms with Crippen LogP contribution in [0.1, 0.15) is 5.69 Å². The highest BCUT2D eigenvalue weighted by atomic mass is 15.2. The molecule has 0 unspecified atom stereocenters. The maximum Gasteiger partial charge on any atom is 0.235 e. The van der Waals surface area contributed by atoms with Crippen LogP contribution in [0.15, 0.2) is 109 Å². The summed E-state index contributed by atoms with van der Waals surface area (Å²) in [5, 5.41) is 8.53. The highest BCUT2D eigenvalue weighted by Gasteiger charge is 2.29. The third kappa shape index (κ3) is 2.73. The first-order chi connectivity index (χ1) is 19.3. The van der Waals surface area contributed by atoms with Gasteiger partial charge in [0.25, 0.3) is 0 Å². The van der Waals surface area contributed by atoms with E-state index in [1.54, 1.807) is 0 Å². The van der Waals surface area contributed by atoms with Crippen LogP contribution in [0.4, 0.5) is 0 Å². The Kier molecular flexibility index (Phi) is 4.07. The van der Waals surface area contributed by atoms with E-state index in [1.165, 1.54) is 59.9 Å². The van der Waals surface area contributed by atoms with Crippen molar-refractivity contribution >= 4 is 72.5 Å². The van der Waals surface area contributed by atoms with Crippen molar-refractivity contribution < 1.29 is 0 Å². The minimum Gasteiger partial charge on any atom is -0.277 e. The van der Waals surface area contributed by atoms with Crippen LogP contribution in [0.25, 0.3) is 71.3 Å². The number of para-hydroxylation sites is 1. The van der Waals surface area contributed by atoms with Gasteiger partial charge in [0.05, 0.1) is 22.2 Å². The lowest BCUT2D eigenvalue weighted by Gasteiger charge is -2.15. The van der Waals surface area contributed by atoms with Gasteiger partial charge in [-0.15, -0.1) is 0 Å². The van der Waals surface area contributed by atoms with Crippen molar-refractivity contribution in [1.82, 2.24) is 14.5 Å². The van der Waals surface area contributed by atoms with Gasteiger partial charge < -0.3 is 0 Å². The number of aryl methyl sites for hydroxylation is 1. The van der Waals surface area contributed by atoms with E-state index in [1.807, 2.05) is 0 Å². The lowest BCUT2D eigenvalue weighted by Crippen LogP contribution is -2.21. The predicted octanol–water partition coefficient (Wildman–Crippen LogP) is 6.98. The molecule has 0 saturated carbocycles. The van der Waals surface area contributed by atoms with Gasteiger partial charge in [0.15, 0.2) is 7.28 Å². The Morgan fingerprint density at radius 1 is 0.615 bits per heavy atom. The van der Waals surface area contributed by atoms with Gasteiger partial charge in [0.2, 0.25) is 5.95 Å². The fourth-order valence-corrected chi connectivity index (χ4v) is 6.76. The van der Waals surface area contributed by atoms with Crippen LogP contribution in [0.3, 0.4) is 0 Å². The molecular weight excluding hydrogens is 473 g/mol. The van der Waals surface area contributed by atoms with E-state index in [4.69, 9.17) is 9.97 Å². The van der Waals surface area contributed by atoms with Gasteiger partial charge in [0, 0.05) is 21.7 Å². The van der Waals surface area contributed by atoms with Crippen molar-refractivity contribution in [3.8, 4) is 17.1 Å². The lowest BCUT2D eigenvalue weighted by atomic mass is 9.66. The second-order valence-electron chi connectivity index (χ2n) is 10.4. The summed E-state index contributed by atoms with van der Waals surface area (Å²) in [6, 6.07) is 39.0. The van der Waals surface area contributed by atoms with Crippen molar-refractivity contribution in [2.24, 2.45) is 0 Å². The number of benzene rings is 6. The minimum atomic E-state index is 0.711. The van der Waals surface area contributed by atoms with Gasteiger partial charge in [-0.05, 0) is 46.2 Å². The maximum absolute atomic E-state index is 5.23. The second-order valence-corrected chi connectivity index (χ2v) is 10.4. The van der Waals surface area contributed by atoms with Crippen molar-refractivity contribution in [2.45, 2.75) is 6.92 Å². The van der Waals surface area contributed by atoms with Crippen molar-refractivity contribution in [3.63, 3.8) is 0 Å². The third-order valence-electron chi connectivity index (χ3n) is 8.35. The molecule has 0 aliphatic carbocycles. The molecule has 0 atom stereocenters. The number of rotatable bonds is 1. The standard InChI is InChI=1S/C35H21BN3/c1-20-30-22-11-3-2-10-21(22)18-19-28(30)38-35(37-20)39-29-17-9-7-15-26(29)31-23-12-4-5-13-24(23)33-32(34(31)39)25-14-6-8-16-27(25)36-33/h2-19H,1H3. The molecule has 0 N–H and O–H groups in total. The molecule has 0 bridgehead atoms. The van der Waals surface area contributed by atoms with Crippen LogP contribution in [-0.4, -0.2) is 21.8 Å². The number of fused-ring (bicyclic) bond motifs is 13. The third-order valence-corrected chi connectivity index (χ3v) is 8.35. The summed E-state index contributed by atoms with van der Waals surface area (Å²) in [6.45, 7) is 2.11. The first kappa shape index (κ1) is 21.0. The Morgan fingerprint density at radius 3 is 2.23 bits per heavy atom. The van der Waals surface area contributed by atoms with Crippen LogP contribution in [0.5, 0.6) is 0 Å². The predicted molar refractivity (Wildman–Crippen MR) is 164 cm³/mol. The molecule has 0 saturated heterocycles. The maximum atomic E-state index is 5.23. The van der Waals surface area contributed by atoms with E-state index >= 15 is 0 Å². The summed E-state index contributed by atoms with van der Waals surface area (Å²) in [4.78, 5) is 10.4. The zero-order valence-corrected chi connectivity index (χ0v) is 21.3. The van der Waals surface area contributed by atoms with E-state index in [-0.39, 0.29) is 0 Å². The molecule has 0 spiro atoms. The SMILES string of the molecule is Cc1nc(-n2c3ccccc3c3c4ccccc4c4c(c32)-c2ccccc2[B]4)nc2ccc3ccccc3c12. The molecule has 1 radical (unpaired) electrons. The summed E-state index contributed by atoms with van der Waals surface area (Å²) in [5.41, 5.74) is 9.29. The Balaban J connectivity index is 1.50. The lowest BCUT2D eigenvalue weighted by molar-refractivity contribution is 0.991. The van der Waals surface area contributed by atoms with Gasteiger partial charge >= 0.3 is 0 Å². The second kappa shape index (κ2) is 7.55. The van der Waals surface area contributed by atoms with Crippen molar-refractivity contribution in [2.75, 3.05) is 0 Å². The summed E-state index contributed by atoms with van der Waals surface area (Å²) < 4.78 is 2.30. The van der Waals surface area contributed by atoms with E-state index in [0.29, 0.717) is 5.95 Å². The topological polar surface area (TPSA) is 30.7 Å². The van der Waals surface area contributed by atoms with Crippen molar-refractivity contribution in [3.05, 3.63) is 115 Å². The monoisotopic (exact) mass is 494 g/mol. The van der Waals surface area contributed by atoms with Gasteiger partial charge in [-0.2, -0.15) is 0 Å². The molecule has 1 aliphatic heterocycles. The van der Waals surface area contributed by atoms with E-state index in [0.717, 1.165) is 22.1 Å². The summed E-state index contributed by atoms with van der Waals surface area (Å²) in [7, 11) is 2.34. The molecule has 9 rings (SSSR count). The summed E-state index contributed by atoms with van der Waals surface area (Å²) >= 11 is 0. The average Bonchev–Trinajstić information content (AvgIpc) is 3.53. The van der Waals surface area contributed by atoms with Crippen LogP contribution < -0.4 is 10.9 Å². The van der Waals surface area contributed by atoms with Crippen LogP contribution in [0, 0.1) is 6.92 Å². The Morgan fingerprint density at radius 2 is 1.33 bits per heavy atom. The van der Waals surface area contributed by atoms with Gasteiger partial charge in [-0.1, -0.05) is 108 Å². The number of hydrogen-bond acceptors (Lipinski definition) is 2. The quantitative estimate of drug-likeness (QED) is 0.182. The average molecular weight is 494 g/mol. The number of nitrogens with zero attached hydrogens (tertiary/aromatic N) is 3. The van der Waals surface area contributed by atoms with Crippen LogP contribution in [-0.2, 0) is 0 Å². The molecule has 3 heterocycles. The summed E-state index contributed by atoms with van der Waals surface area (Å²) in [6.07, 6.45) is 0. The van der Waals surface area contributed by atoms with Crippen LogP contribution >= 0.6 is 0 Å². The first-order valence-electron chi connectivity index (χ1n) is 13.4. The van der Waals surface area contributed by atoms with E-state index in [9.17, 15) is 0 Å². The Hall–Kier alpha value is -4.96. The molecular formula is C35H21BN3. The van der Waals surface area contributed by atoms with Crippen molar-refractivity contribution in [1.29, 1.82) is 0 Å². The Bertz CT molecular complexity index is 2330. The van der Waals surface area contributed by atoms with Gasteiger partial charge in [-0.3, -0.25) is 4.57 Å². The molecule has 4 heteroatoms. The molecule has 8 aromatic rings. The molecule has 0 amide bonds. The van der Waals surface area contributed by atoms with E-state index < -0.39 is 0 Å². The highest BCUT2D eigenvalue weighted by Crippen LogP contribution is 2.42. The normalized spacial score (nSPS) is 12.4. The number of hydrogen-bond donors (Lipinski definition) is 0. The molecule has 179 valence electrons. The summed E-state index contributed by atoms with van der Waals surface area (Å²) in [5.74, 6) is 0.711. The fourth-order valence-electron chi connectivity index (χ4n) is 6.76. The molecule has 6 aromatic carbocycles. The minimum absolute atomic E-state index is 0.711. The largest absolute Gasteiger partial charge is 0.277 e. The highest BCUT2D eigenvalue weighted by molar-refractivity contribution is 6.77. The first-order valence-corrected chi connectivity index (χ1v) is 13.4. The zero-order chi connectivity index (χ0) is 25.7. The molecule has 2 aromatic heterocycles. The van der Waals surface area contributed by atoms with Crippen LogP contribution in [0.2, 0.25) is 0 Å². The molecule has 39 heavy (non-hydrogen) atoms. The number of aromatic nitrogens is 3. The fraction of sp³-hybridized carbons (Fsp3) is 0.0286. The van der Waals surface area contributed by atoms with E-state index in [2.05, 4.69) is 128 Å². The molecule has 0 fully saturated rings. The molecule has 1 aliphatic rings. The zero-order valence-electron chi connectivity index (χ0n) is 21.3. The van der Waals surface area contributed by atoms with Gasteiger partial charge in [0.1, 0.15) is 0 Å². The Labute approximate surface area is 225 Å².